The number of aryl methyl sites for hydroxylation is 4. The van der Waals surface area contributed by atoms with Gasteiger partial charge in [0.15, 0.2) is 0 Å². The second kappa shape index (κ2) is 21.7. The van der Waals surface area contributed by atoms with E-state index in [1.807, 2.05) is 36.4 Å². The molecule has 3 aromatic rings. The fourth-order valence-corrected chi connectivity index (χ4v) is 8.42. The van der Waals surface area contributed by atoms with Crippen molar-refractivity contribution < 1.29 is 24.1 Å². The van der Waals surface area contributed by atoms with Gasteiger partial charge in [-0.15, -0.1) is 0 Å². The summed E-state index contributed by atoms with van der Waals surface area (Å²) < 4.78 is 2.28. The Morgan fingerprint density at radius 3 is 1.92 bits per heavy atom. The summed E-state index contributed by atoms with van der Waals surface area (Å²) in [6.45, 7) is 17.3. The van der Waals surface area contributed by atoms with E-state index in [4.69, 9.17) is 0 Å². The molecule has 318 valence electrons. The monoisotopic (exact) mass is 812 g/mol. The van der Waals surface area contributed by atoms with Gasteiger partial charge in [-0.1, -0.05) is 101 Å². The Morgan fingerprint density at radius 2 is 1.30 bits per heavy atom. The van der Waals surface area contributed by atoms with Crippen LogP contribution in [0.25, 0.3) is 5.57 Å². The number of anilines is 3. The summed E-state index contributed by atoms with van der Waals surface area (Å²) in [6.07, 6.45) is 19.7. The van der Waals surface area contributed by atoms with Crippen LogP contribution in [-0.2, 0) is 14.4 Å². The van der Waals surface area contributed by atoms with E-state index in [2.05, 4.69) is 98.0 Å². The number of benzene rings is 3. The standard InChI is InChI=1S/C52H66N4O4/c1-9-11-13-15-17-19-29-55(47-27-21-35(3)31-37(47)5)41-23-25-43(45(33-41)53-39(7)57)49-51(59)50(52(49)60)44-26-24-42(34-46(44)54-40(8)58)56(30-20-18-16-14-12-10-2)48-28-22-36(4)32-38(48)6/h21-28,31-34H,9-20,29-30H2,1-8H3,(H2,53,54,57,58,59,60)/p+1. The van der Waals surface area contributed by atoms with Gasteiger partial charge in [0.25, 0.3) is 0 Å². The van der Waals surface area contributed by atoms with Crippen LogP contribution in [0.4, 0.5) is 22.7 Å². The molecule has 60 heavy (non-hydrogen) atoms. The van der Waals surface area contributed by atoms with Crippen LogP contribution in [0.15, 0.2) is 95.4 Å². The zero-order valence-corrected chi connectivity index (χ0v) is 37.4. The first kappa shape index (κ1) is 45.6. The molecule has 0 aromatic heterocycles. The Kier molecular flexibility index (Phi) is 16.5. The number of carbonyl (C=O) groups excluding carboxylic acids is 3. The van der Waals surface area contributed by atoms with E-state index >= 15 is 0 Å². The molecule has 3 aromatic carbocycles. The van der Waals surface area contributed by atoms with Crippen LogP contribution in [0, 0.1) is 27.7 Å². The van der Waals surface area contributed by atoms with Gasteiger partial charge >= 0.3 is 0 Å². The molecule has 0 spiro atoms. The van der Waals surface area contributed by atoms with Gasteiger partial charge in [-0.25, -0.2) is 0 Å². The molecule has 0 heterocycles. The maximum absolute atomic E-state index is 14.3. The number of nitrogens with zero attached hydrogens (tertiary/aromatic N) is 2. The second-order valence-electron chi connectivity index (χ2n) is 16.7. The van der Waals surface area contributed by atoms with Crippen molar-refractivity contribution in [1.29, 1.82) is 0 Å². The fraction of sp³-hybridized carbons (Fsp3) is 0.423. The lowest BCUT2D eigenvalue weighted by atomic mass is 9.78. The third kappa shape index (κ3) is 11.4. The summed E-state index contributed by atoms with van der Waals surface area (Å²) in [5, 5.41) is 17.7. The number of rotatable bonds is 20. The number of aliphatic hydroxyl groups excluding tert-OH is 1. The highest BCUT2D eigenvalue weighted by Gasteiger charge is 2.40. The molecule has 8 nitrogen and oxygen atoms in total. The van der Waals surface area contributed by atoms with Crippen molar-refractivity contribution >= 4 is 51.6 Å². The van der Waals surface area contributed by atoms with Gasteiger partial charge in [-0.2, -0.15) is 4.58 Å². The Labute approximate surface area is 358 Å². The number of carbonyl (C=O) groups is 3. The highest BCUT2D eigenvalue weighted by molar-refractivity contribution is 6.40. The summed E-state index contributed by atoms with van der Waals surface area (Å²) in [7, 11) is 0. The first-order valence-electron chi connectivity index (χ1n) is 22.2. The Morgan fingerprint density at radius 1 is 0.683 bits per heavy atom. The van der Waals surface area contributed by atoms with Crippen LogP contribution in [0.2, 0.25) is 0 Å². The summed E-state index contributed by atoms with van der Waals surface area (Å²) in [4.78, 5) is 41.9. The number of hydrogen-bond acceptors (Lipinski definition) is 5. The van der Waals surface area contributed by atoms with Crippen LogP contribution in [0.5, 0.6) is 0 Å². The molecule has 0 fully saturated rings. The SMILES string of the molecule is CCCCCCCCN(c1ccc(C2=C(O)/C(=C3\C=CC(=[N+](CCCCCCCC)c4ccc(C)cc4C)C=C3NC(C)=O)C2=O)c(NC(C)=O)c1)c1ccc(C)cc1C. The smallest absolute Gasteiger partial charge is 0.221 e. The van der Waals surface area contributed by atoms with Gasteiger partial charge in [-0.05, 0) is 82.5 Å². The van der Waals surface area contributed by atoms with Crippen LogP contribution >= 0.6 is 0 Å². The van der Waals surface area contributed by atoms with Crippen LogP contribution in [-0.4, -0.2) is 46.1 Å². The van der Waals surface area contributed by atoms with Crippen LogP contribution < -0.4 is 15.5 Å². The largest absolute Gasteiger partial charge is 0.506 e. The molecule has 0 bridgehead atoms. The number of ketones is 1. The maximum atomic E-state index is 14.3. The van der Waals surface area contributed by atoms with Crippen molar-refractivity contribution in [2.75, 3.05) is 23.3 Å². The molecule has 2 aliphatic carbocycles. The average molecular weight is 812 g/mol. The topological polar surface area (TPSA) is 102 Å². The summed E-state index contributed by atoms with van der Waals surface area (Å²) >= 11 is 0. The van der Waals surface area contributed by atoms with Gasteiger partial charge in [0.05, 0.1) is 22.5 Å². The van der Waals surface area contributed by atoms with Crippen molar-refractivity contribution in [3.63, 3.8) is 0 Å². The Bertz CT molecular complexity index is 2240. The number of unbranched alkanes of at least 4 members (excludes halogenated alkanes) is 10. The molecule has 0 saturated heterocycles. The van der Waals surface area contributed by atoms with Crippen molar-refractivity contribution in [3.05, 3.63) is 123 Å². The summed E-state index contributed by atoms with van der Waals surface area (Å²) in [5.74, 6) is -1.09. The highest BCUT2D eigenvalue weighted by Crippen LogP contribution is 2.44. The molecule has 0 unspecified atom stereocenters. The van der Waals surface area contributed by atoms with Gasteiger partial charge < -0.3 is 20.6 Å². The van der Waals surface area contributed by atoms with Crippen LogP contribution in [0.3, 0.4) is 0 Å². The summed E-state index contributed by atoms with van der Waals surface area (Å²) in [5.41, 5.74) is 10.7. The minimum absolute atomic E-state index is 0.132. The molecule has 8 heteroatoms. The number of hydrogen-bond donors (Lipinski definition) is 3. The number of amides is 2. The van der Waals surface area contributed by atoms with E-state index in [9.17, 15) is 19.5 Å². The molecule has 5 rings (SSSR count). The zero-order valence-electron chi connectivity index (χ0n) is 37.4. The quantitative estimate of drug-likeness (QED) is 0.0599. The van der Waals surface area contributed by atoms with E-state index in [1.54, 1.807) is 0 Å². The maximum Gasteiger partial charge on any atom is 0.221 e. The van der Waals surface area contributed by atoms with Gasteiger partial charge in [0.2, 0.25) is 29.0 Å². The van der Waals surface area contributed by atoms with E-state index in [0.29, 0.717) is 22.5 Å². The zero-order chi connectivity index (χ0) is 43.3. The van der Waals surface area contributed by atoms with Gasteiger partial charge in [-0.3, -0.25) is 14.4 Å². The second-order valence-corrected chi connectivity index (χ2v) is 16.7. The highest BCUT2D eigenvalue weighted by atomic mass is 16.3. The third-order valence-electron chi connectivity index (χ3n) is 11.5. The minimum Gasteiger partial charge on any atom is -0.506 e. The van der Waals surface area contributed by atoms with E-state index in [-0.39, 0.29) is 34.5 Å². The van der Waals surface area contributed by atoms with E-state index in [0.717, 1.165) is 72.7 Å². The average Bonchev–Trinajstić information content (AvgIpc) is 3.19. The predicted octanol–water partition coefficient (Wildman–Crippen LogP) is 12.3. The summed E-state index contributed by atoms with van der Waals surface area (Å²) in [6, 6.07) is 18.6. The number of allylic oxidation sites excluding steroid dienone is 5. The van der Waals surface area contributed by atoms with E-state index < -0.39 is 0 Å². The molecule has 2 amide bonds. The van der Waals surface area contributed by atoms with E-state index in [1.165, 1.54) is 76.3 Å². The molecule has 2 aliphatic rings. The van der Waals surface area contributed by atoms with Crippen molar-refractivity contribution in [2.45, 2.75) is 132 Å². The lowest BCUT2D eigenvalue weighted by Gasteiger charge is -2.30. The number of nitrogens with one attached hydrogen (secondary N) is 2. The fourth-order valence-electron chi connectivity index (χ4n) is 8.42. The van der Waals surface area contributed by atoms with Gasteiger partial charge in [0, 0.05) is 73.1 Å². The third-order valence-corrected chi connectivity index (χ3v) is 11.5. The number of Topliss-reactive ketones (excluding diaryl/α,β-unsaturated/α-hetero) is 1. The Hall–Kier alpha value is -5.50. The molecular formula is C52H67N4O4+. The normalized spacial score (nSPS) is 15.8. The minimum atomic E-state index is -0.358. The van der Waals surface area contributed by atoms with Crippen LogP contribution in [0.1, 0.15) is 133 Å². The lowest BCUT2D eigenvalue weighted by molar-refractivity contribution is -0.440. The first-order chi connectivity index (χ1) is 28.8. The predicted molar refractivity (Wildman–Crippen MR) is 249 cm³/mol. The lowest BCUT2D eigenvalue weighted by Crippen LogP contribution is -2.30. The molecular weight excluding hydrogens is 745 g/mol. The van der Waals surface area contributed by atoms with Crippen molar-refractivity contribution in [1.82, 2.24) is 5.32 Å². The number of aliphatic hydroxyl groups is 1. The molecule has 0 atom stereocenters. The first-order valence-corrected chi connectivity index (χ1v) is 22.2. The Balaban J connectivity index is 1.55. The van der Waals surface area contributed by atoms with Crippen molar-refractivity contribution in [2.24, 2.45) is 0 Å². The molecule has 0 aliphatic heterocycles. The molecule has 0 saturated carbocycles. The molecule has 3 N–H and O–H groups in total. The van der Waals surface area contributed by atoms with Gasteiger partial charge in [0.1, 0.15) is 12.3 Å². The van der Waals surface area contributed by atoms with Crippen molar-refractivity contribution in [3.8, 4) is 0 Å². The molecule has 0 radical (unpaired) electrons.